The molecule has 1 heterocycles. The number of thiophene rings is 1. The molecule has 2 N–H and O–H groups in total. The van der Waals surface area contributed by atoms with Crippen LogP contribution in [0.2, 0.25) is 5.02 Å². The third-order valence-corrected chi connectivity index (χ3v) is 5.27. The molecule has 0 aliphatic carbocycles. The molecule has 2 rings (SSSR count). The first-order valence-corrected chi connectivity index (χ1v) is 9.44. The fourth-order valence-corrected chi connectivity index (χ4v) is 4.63. The second-order valence-corrected chi connectivity index (χ2v) is 9.52. The Balaban J connectivity index is 1.97. The van der Waals surface area contributed by atoms with Crippen molar-refractivity contribution in [1.29, 1.82) is 0 Å². The van der Waals surface area contributed by atoms with Gasteiger partial charge in [0, 0.05) is 15.6 Å². The Morgan fingerprint density at radius 1 is 1.12 bits per heavy atom. The molecule has 25 heavy (non-hydrogen) atoms. The molecule has 1 aromatic heterocycles. The van der Waals surface area contributed by atoms with Gasteiger partial charge in [-0.05, 0) is 31.7 Å². The number of benzene rings is 1. The van der Waals surface area contributed by atoms with Crippen molar-refractivity contribution in [3.63, 3.8) is 0 Å². The highest BCUT2D eigenvalue weighted by atomic mass is 35.5. The number of nitrogens with one attached hydrogen (secondary N) is 2. The van der Waals surface area contributed by atoms with E-state index in [0.717, 1.165) is 16.5 Å². The van der Waals surface area contributed by atoms with E-state index in [1.54, 1.807) is 0 Å². The van der Waals surface area contributed by atoms with Crippen molar-refractivity contribution in [3.05, 3.63) is 34.2 Å². The summed E-state index contributed by atoms with van der Waals surface area (Å²) < 4.78 is 0.952. The van der Waals surface area contributed by atoms with Crippen LogP contribution in [0.5, 0.6) is 0 Å². The van der Waals surface area contributed by atoms with Crippen LogP contribution in [0.4, 0.5) is 0 Å². The predicted molar refractivity (Wildman–Crippen MR) is 105 cm³/mol. The van der Waals surface area contributed by atoms with E-state index < -0.39 is 0 Å². The van der Waals surface area contributed by atoms with E-state index in [1.165, 1.54) is 11.3 Å². The highest BCUT2D eigenvalue weighted by molar-refractivity contribution is 7.21. The number of rotatable bonds is 5. The second-order valence-electron chi connectivity index (χ2n) is 8.09. The molecule has 0 aliphatic heterocycles. The molecule has 1 aromatic carbocycles. The molecule has 0 bridgehead atoms. The largest absolute Gasteiger partial charge is 0.350 e. The first kappa shape index (κ1) is 19.7. The third kappa shape index (κ3) is 5.44. The monoisotopic (exact) mass is 380 g/mol. The molecule has 0 aliphatic rings. The average Bonchev–Trinajstić information content (AvgIpc) is 2.79. The number of halogens is 1. The Morgan fingerprint density at radius 2 is 1.76 bits per heavy atom. The van der Waals surface area contributed by atoms with Crippen molar-refractivity contribution >= 4 is 44.8 Å². The standard InChI is InChI=1S/C19H25ClN2O2S/c1-18(2,3)11-19(4,5)22-14(23)10-21-17(24)16-15(20)12-8-6-7-9-13(12)25-16/h6-9H,10-11H2,1-5H3,(H,21,24)(H,22,23). The van der Waals surface area contributed by atoms with Crippen molar-refractivity contribution in [2.45, 2.75) is 46.6 Å². The predicted octanol–water partition coefficient (Wildman–Crippen LogP) is 4.62. The lowest BCUT2D eigenvalue weighted by atomic mass is 9.82. The van der Waals surface area contributed by atoms with Crippen LogP contribution in [-0.2, 0) is 4.79 Å². The smallest absolute Gasteiger partial charge is 0.263 e. The lowest BCUT2D eigenvalue weighted by molar-refractivity contribution is -0.122. The van der Waals surface area contributed by atoms with Crippen LogP contribution in [0, 0.1) is 5.41 Å². The summed E-state index contributed by atoms with van der Waals surface area (Å²) in [6, 6.07) is 7.59. The molecule has 0 atom stereocenters. The molecule has 0 saturated carbocycles. The van der Waals surface area contributed by atoms with Crippen molar-refractivity contribution in [2.75, 3.05) is 6.54 Å². The van der Waals surface area contributed by atoms with Crippen LogP contribution in [-0.4, -0.2) is 23.9 Å². The van der Waals surface area contributed by atoms with Gasteiger partial charge in [0.1, 0.15) is 4.88 Å². The molecule has 0 radical (unpaired) electrons. The number of hydrogen-bond acceptors (Lipinski definition) is 3. The molecule has 2 aromatic rings. The van der Waals surface area contributed by atoms with Gasteiger partial charge in [0.15, 0.2) is 0 Å². The van der Waals surface area contributed by atoms with Gasteiger partial charge in [0.2, 0.25) is 5.91 Å². The minimum Gasteiger partial charge on any atom is -0.350 e. The van der Waals surface area contributed by atoms with E-state index in [2.05, 4.69) is 31.4 Å². The fourth-order valence-electron chi connectivity index (χ4n) is 3.19. The maximum atomic E-state index is 12.4. The molecule has 0 fully saturated rings. The van der Waals surface area contributed by atoms with Gasteiger partial charge in [0.05, 0.1) is 11.6 Å². The molecule has 0 unspecified atom stereocenters. The van der Waals surface area contributed by atoms with Gasteiger partial charge in [-0.2, -0.15) is 0 Å². The zero-order valence-corrected chi connectivity index (χ0v) is 16.9. The van der Waals surface area contributed by atoms with Crippen molar-refractivity contribution in [2.24, 2.45) is 5.41 Å². The van der Waals surface area contributed by atoms with E-state index in [4.69, 9.17) is 11.6 Å². The molecule has 0 saturated heterocycles. The summed E-state index contributed by atoms with van der Waals surface area (Å²) in [5.74, 6) is -0.533. The van der Waals surface area contributed by atoms with Crippen LogP contribution in [0.15, 0.2) is 24.3 Å². The molecular formula is C19H25ClN2O2S. The van der Waals surface area contributed by atoms with Crippen LogP contribution >= 0.6 is 22.9 Å². The molecule has 6 heteroatoms. The molecule has 136 valence electrons. The highest BCUT2D eigenvalue weighted by Gasteiger charge is 2.27. The van der Waals surface area contributed by atoms with E-state index >= 15 is 0 Å². The third-order valence-electron chi connectivity index (χ3n) is 3.60. The first-order valence-electron chi connectivity index (χ1n) is 8.25. The molecule has 4 nitrogen and oxygen atoms in total. The average molecular weight is 381 g/mol. The minimum atomic E-state index is -0.338. The summed E-state index contributed by atoms with van der Waals surface area (Å²) in [6.07, 6.45) is 0.835. The normalized spacial score (nSPS) is 12.2. The topological polar surface area (TPSA) is 58.2 Å². The number of hydrogen-bond donors (Lipinski definition) is 2. The van der Waals surface area contributed by atoms with Gasteiger partial charge in [-0.25, -0.2) is 0 Å². The van der Waals surface area contributed by atoms with Gasteiger partial charge >= 0.3 is 0 Å². The number of amides is 2. The lowest BCUT2D eigenvalue weighted by Crippen LogP contribution is -2.49. The summed E-state index contributed by atoms with van der Waals surface area (Å²) in [5, 5.41) is 6.93. The Bertz CT molecular complexity index is 790. The zero-order chi connectivity index (χ0) is 18.8. The van der Waals surface area contributed by atoms with Gasteiger partial charge in [-0.15, -0.1) is 11.3 Å². The van der Waals surface area contributed by atoms with Gasteiger partial charge in [-0.1, -0.05) is 50.6 Å². The Kier molecular flexibility index (Phi) is 5.79. The molecule has 0 spiro atoms. The van der Waals surface area contributed by atoms with Gasteiger partial charge < -0.3 is 10.6 Å². The highest BCUT2D eigenvalue weighted by Crippen LogP contribution is 2.34. The molecule has 2 amide bonds. The van der Waals surface area contributed by atoms with Crippen LogP contribution in [0.3, 0.4) is 0 Å². The van der Waals surface area contributed by atoms with E-state index in [1.807, 2.05) is 38.1 Å². The van der Waals surface area contributed by atoms with E-state index in [0.29, 0.717) is 9.90 Å². The number of fused-ring (bicyclic) bond motifs is 1. The summed E-state index contributed by atoms with van der Waals surface area (Å²) >= 11 is 7.62. The van der Waals surface area contributed by atoms with Crippen molar-refractivity contribution in [1.82, 2.24) is 10.6 Å². The van der Waals surface area contributed by atoms with Crippen molar-refractivity contribution < 1.29 is 9.59 Å². The number of carbonyl (C=O) groups is 2. The summed E-state index contributed by atoms with van der Waals surface area (Å²) in [5.41, 5.74) is -0.236. The maximum Gasteiger partial charge on any atom is 0.263 e. The van der Waals surface area contributed by atoms with Crippen molar-refractivity contribution in [3.8, 4) is 0 Å². The Morgan fingerprint density at radius 3 is 2.36 bits per heavy atom. The number of carbonyl (C=O) groups excluding carboxylic acids is 2. The fraction of sp³-hybridized carbons (Fsp3) is 0.474. The summed E-state index contributed by atoms with van der Waals surface area (Å²) in [4.78, 5) is 25.0. The summed E-state index contributed by atoms with van der Waals surface area (Å²) in [6.45, 7) is 10.3. The van der Waals surface area contributed by atoms with Gasteiger partial charge in [-0.3, -0.25) is 9.59 Å². The second kappa shape index (κ2) is 7.34. The molecular weight excluding hydrogens is 356 g/mol. The quantitative estimate of drug-likeness (QED) is 0.795. The van der Waals surface area contributed by atoms with Crippen LogP contribution in [0.25, 0.3) is 10.1 Å². The van der Waals surface area contributed by atoms with Crippen LogP contribution in [0.1, 0.15) is 50.7 Å². The maximum absolute atomic E-state index is 12.4. The zero-order valence-electron chi connectivity index (χ0n) is 15.3. The van der Waals surface area contributed by atoms with E-state index in [-0.39, 0.29) is 29.3 Å². The lowest BCUT2D eigenvalue weighted by Gasteiger charge is -2.33. The van der Waals surface area contributed by atoms with E-state index in [9.17, 15) is 9.59 Å². The SMILES string of the molecule is CC(C)(C)CC(C)(C)NC(=O)CNC(=O)c1sc2ccccc2c1Cl. The minimum absolute atomic E-state index is 0.0724. The summed E-state index contributed by atoms with van der Waals surface area (Å²) in [7, 11) is 0. The Hall–Kier alpha value is -1.59. The van der Waals surface area contributed by atoms with Crippen LogP contribution < -0.4 is 10.6 Å². The van der Waals surface area contributed by atoms with Gasteiger partial charge in [0.25, 0.3) is 5.91 Å². The first-order chi connectivity index (χ1) is 11.5. The Labute approximate surface area is 157 Å².